The molecule has 0 atom stereocenters. The number of hydrogen-bond donors (Lipinski definition) is 0. The summed E-state index contributed by atoms with van der Waals surface area (Å²) in [5, 5.41) is 0. The lowest BCUT2D eigenvalue weighted by Crippen LogP contribution is -1.99. The van der Waals surface area contributed by atoms with Gasteiger partial charge < -0.3 is 4.57 Å². The molecule has 0 saturated heterocycles. The van der Waals surface area contributed by atoms with Gasteiger partial charge >= 0.3 is 0 Å². The van der Waals surface area contributed by atoms with Gasteiger partial charge in [0.15, 0.2) is 0 Å². The lowest BCUT2D eigenvalue weighted by molar-refractivity contribution is 0.704. The van der Waals surface area contributed by atoms with Crippen LogP contribution in [0.15, 0.2) is 48.5 Å². The topological polar surface area (TPSA) is 17.8 Å². The summed E-state index contributed by atoms with van der Waals surface area (Å²) in [6.45, 7) is 5.33. The Morgan fingerprint density at radius 2 is 1.89 bits per heavy atom. The van der Waals surface area contributed by atoms with Crippen molar-refractivity contribution in [3.8, 4) is 11.4 Å². The molecule has 3 rings (SSSR count). The smallest absolute Gasteiger partial charge is 0.141 e. The van der Waals surface area contributed by atoms with Crippen molar-refractivity contribution in [1.82, 2.24) is 9.55 Å². The van der Waals surface area contributed by atoms with Gasteiger partial charge in [0.05, 0.1) is 11.0 Å². The molecule has 0 bridgehead atoms. The third-order valence-electron chi connectivity index (χ3n) is 3.38. The average Bonchev–Trinajstić information content (AvgIpc) is 2.79. The van der Waals surface area contributed by atoms with Crippen molar-refractivity contribution in [2.75, 3.05) is 0 Å². The maximum atomic E-state index is 4.81. The predicted octanol–water partition coefficient (Wildman–Crippen LogP) is 4.42. The van der Waals surface area contributed by atoms with Crippen LogP contribution in [0.3, 0.4) is 0 Å². The zero-order valence-electron chi connectivity index (χ0n) is 11.4. The van der Waals surface area contributed by atoms with Crippen molar-refractivity contribution in [1.29, 1.82) is 0 Å². The Balaban J connectivity index is 2.25. The molecule has 3 aromatic rings. The quantitative estimate of drug-likeness (QED) is 0.672. The van der Waals surface area contributed by atoms with E-state index >= 15 is 0 Å². The van der Waals surface area contributed by atoms with Crippen molar-refractivity contribution in [3.05, 3.63) is 54.1 Å². The van der Waals surface area contributed by atoms with Gasteiger partial charge in [-0.3, -0.25) is 0 Å². The number of rotatable bonds is 3. The zero-order chi connectivity index (χ0) is 13.2. The first-order valence-corrected chi connectivity index (χ1v) is 6.82. The molecule has 0 radical (unpaired) electrons. The minimum Gasteiger partial charge on any atom is -0.324 e. The number of benzene rings is 2. The summed E-state index contributed by atoms with van der Waals surface area (Å²) in [5.41, 5.74) is 4.77. The van der Waals surface area contributed by atoms with Gasteiger partial charge in [0, 0.05) is 12.1 Å². The van der Waals surface area contributed by atoms with Crippen LogP contribution in [0.2, 0.25) is 0 Å². The van der Waals surface area contributed by atoms with Gasteiger partial charge in [-0.1, -0.05) is 42.8 Å². The van der Waals surface area contributed by atoms with Gasteiger partial charge in [-0.2, -0.15) is 0 Å². The molecule has 2 heteroatoms. The normalized spacial score (nSPS) is 11.1. The molecule has 2 nitrogen and oxygen atoms in total. The summed E-state index contributed by atoms with van der Waals surface area (Å²) in [7, 11) is 0. The SMILES string of the molecule is CCCn1c(-c2cccc(C)c2)nc2ccccc21. The molecular formula is C17H18N2. The monoisotopic (exact) mass is 250 g/mol. The van der Waals surface area contributed by atoms with Crippen LogP contribution in [0.25, 0.3) is 22.4 Å². The molecule has 0 fully saturated rings. The maximum absolute atomic E-state index is 4.81. The summed E-state index contributed by atoms with van der Waals surface area (Å²) in [6, 6.07) is 16.9. The van der Waals surface area contributed by atoms with Crippen LogP contribution in [-0.2, 0) is 6.54 Å². The molecule has 1 aromatic heterocycles. The molecule has 0 N–H and O–H groups in total. The molecule has 96 valence electrons. The number of para-hydroxylation sites is 2. The van der Waals surface area contributed by atoms with Gasteiger partial charge in [0.2, 0.25) is 0 Å². The first-order chi connectivity index (χ1) is 9.29. The van der Waals surface area contributed by atoms with E-state index in [0.29, 0.717) is 0 Å². The molecule has 2 aromatic carbocycles. The highest BCUT2D eigenvalue weighted by Crippen LogP contribution is 2.25. The van der Waals surface area contributed by atoms with Crippen LogP contribution in [0.4, 0.5) is 0 Å². The van der Waals surface area contributed by atoms with Gasteiger partial charge in [-0.25, -0.2) is 4.98 Å². The lowest BCUT2D eigenvalue weighted by Gasteiger charge is -2.08. The Kier molecular flexibility index (Phi) is 3.08. The highest BCUT2D eigenvalue weighted by atomic mass is 15.1. The minimum atomic E-state index is 1.00. The second kappa shape index (κ2) is 4.88. The van der Waals surface area contributed by atoms with Crippen molar-refractivity contribution in [2.45, 2.75) is 26.8 Å². The summed E-state index contributed by atoms with van der Waals surface area (Å²) in [6.07, 6.45) is 1.11. The highest BCUT2D eigenvalue weighted by molar-refractivity contribution is 5.80. The van der Waals surface area contributed by atoms with Gasteiger partial charge in [-0.05, 0) is 31.5 Å². The standard InChI is InChI=1S/C17H18N2/c1-3-11-19-16-10-5-4-9-15(16)18-17(19)14-8-6-7-13(2)12-14/h4-10,12H,3,11H2,1-2H3. The molecule has 19 heavy (non-hydrogen) atoms. The molecule has 0 spiro atoms. The van der Waals surface area contributed by atoms with Crippen LogP contribution in [-0.4, -0.2) is 9.55 Å². The largest absolute Gasteiger partial charge is 0.324 e. The molecule has 0 aliphatic heterocycles. The van der Waals surface area contributed by atoms with Crippen LogP contribution < -0.4 is 0 Å². The maximum Gasteiger partial charge on any atom is 0.141 e. The average molecular weight is 250 g/mol. The van der Waals surface area contributed by atoms with E-state index in [9.17, 15) is 0 Å². The van der Waals surface area contributed by atoms with Crippen LogP contribution in [0.1, 0.15) is 18.9 Å². The number of aromatic nitrogens is 2. The van der Waals surface area contributed by atoms with Crippen LogP contribution in [0, 0.1) is 6.92 Å². The van der Waals surface area contributed by atoms with Gasteiger partial charge in [-0.15, -0.1) is 0 Å². The first-order valence-electron chi connectivity index (χ1n) is 6.82. The van der Waals surface area contributed by atoms with E-state index in [4.69, 9.17) is 4.98 Å². The molecule has 1 heterocycles. The number of nitrogens with zero attached hydrogens (tertiary/aromatic N) is 2. The van der Waals surface area contributed by atoms with Crippen molar-refractivity contribution in [3.63, 3.8) is 0 Å². The van der Waals surface area contributed by atoms with Crippen molar-refractivity contribution in [2.24, 2.45) is 0 Å². The lowest BCUT2D eigenvalue weighted by atomic mass is 10.1. The third kappa shape index (κ3) is 2.14. The second-order valence-electron chi connectivity index (χ2n) is 4.95. The van der Waals surface area contributed by atoms with E-state index in [2.05, 4.69) is 60.9 Å². The number of aryl methyl sites for hydroxylation is 2. The fourth-order valence-corrected chi connectivity index (χ4v) is 2.53. The molecule has 0 aliphatic rings. The van der Waals surface area contributed by atoms with E-state index in [-0.39, 0.29) is 0 Å². The van der Waals surface area contributed by atoms with Crippen LogP contribution in [0.5, 0.6) is 0 Å². The fraction of sp³-hybridized carbons (Fsp3) is 0.235. The van der Waals surface area contributed by atoms with Gasteiger partial charge in [0.25, 0.3) is 0 Å². The highest BCUT2D eigenvalue weighted by Gasteiger charge is 2.11. The third-order valence-corrected chi connectivity index (χ3v) is 3.38. The fourth-order valence-electron chi connectivity index (χ4n) is 2.53. The number of fused-ring (bicyclic) bond motifs is 1. The Morgan fingerprint density at radius 3 is 2.68 bits per heavy atom. The van der Waals surface area contributed by atoms with Crippen molar-refractivity contribution < 1.29 is 0 Å². The molecule has 0 unspecified atom stereocenters. The number of hydrogen-bond acceptors (Lipinski definition) is 1. The van der Waals surface area contributed by atoms with Gasteiger partial charge in [0.1, 0.15) is 5.82 Å². The Labute approximate surface area is 113 Å². The van der Waals surface area contributed by atoms with E-state index < -0.39 is 0 Å². The Bertz CT molecular complexity index is 710. The van der Waals surface area contributed by atoms with E-state index in [0.717, 1.165) is 24.3 Å². The summed E-state index contributed by atoms with van der Waals surface area (Å²) >= 11 is 0. The van der Waals surface area contributed by atoms with E-state index in [1.807, 2.05) is 6.07 Å². The molecule has 0 saturated carbocycles. The predicted molar refractivity (Wildman–Crippen MR) is 80.2 cm³/mol. The van der Waals surface area contributed by atoms with Crippen molar-refractivity contribution >= 4 is 11.0 Å². The minimum absolute atomic E-state index is 1.00. The Morgan fingerprint density at radius 1 is 1.05 bits per heavy atom. The summed E-state index contributed by atoms with van der Waals surface area (Å²) < 4.78 is 2.32. The molecule has 0 aliphatic carbocycles. The van der Waals surface area contributed by atoms with E-state index in [1.165, 1.54) is 16.6 Å². The summed E-state index contributed by atoms with van der Waals surface area (Å²) in [5.74, 6) is 1.08. The number of imidazole rings is 1. The summed E-state index contributed by atoms with van der Waals surface area (Å²) in [4.78, 5) is 4.81. The zero-order valence-corrected chi connectivity index (χ0v) is 11.4. The Hall–Kier alpha value is -2.09. The second-order valence-corrected chi connectivity index (χ2v) is 4.95. The van der Waals surface area contributed by atoms with E-state index in [1.54, 1.807) is 0 Å². The molecule has 0 amide bonds. The molecular weight excluding hydrogens is 232 g/mol. The first kappa shape index (κ1) is 12.0. The van der Waals surface area contributed by atoms with Crippen LogP contribution >= 0.6 is 0 Å².